The highest BCUT2D eigenvalue weighted by Crippen LogP contribution is 2.34. The van der Waals surface area contributed by atoms with Gasteiger partial charge < -0.3 is 16.0 Å². The molecule has 2 aliphatic heterocycles. The lowest BCUT2D eigenvalue weighted by molar-refractivity contribution is -0.127. The zero-order valence-corrected chi connectivity index (χ0v) is 9.93. The first-order valence-electron chi connectivity index (χ1n) is 6.14. The second-order valence-electron chi connectivity index (χ2n) is 4.75. The van der Waals surface area contributed by atoms with Crippen LogP contribution in [0, 0.1) is 0 Å². The molecule has 3 rings (SSSR count). The van der Waals surface area contributed by atoms with E-state index in [4.69, 9.17) is 5.73 Å². The van der Waals surface area contributed by atoms with Gasteiger partial charge in [0.15, 0.2) is 0 Å². The average Bonchev–Trinajstić information content (AvgIpc) is 2.80. The number of benzene rings is 1. The molecule has 5 nitrogen and oxygen atoms in total. The highest BCUT2D eigenvalue weighted by Gasteiger charge is 2.38. The van der Waals surface area contributed by atoms with Crippen molar-refractivity contribution in [3.05, 3.63) is 29.8 Å². The number of nitrogens with zero attached hydrogens (tertiary/aromatic N) is 1. The summed E-state index contributed by atoms with van der Waals surface area (Å²) in [5.41, 5.74) is 7.13. The Morgan fingerprint density at radius 1 is 1.39 bits per heavy atom. The molecule has 94 valence electrons. The molecule has 2 aliphatic rings. The van der Waals surface area contributed by atoms with Crippen LogP contribution in [0.25, 0.3) is 0 Å². The zero-order valence-electron chi connectivity index (χ0n) is 9.93. The van der Waals surface area contributed by atoms with Gasteiger partial charge in [-0.05, 0) is 18.9 Å². The van der Waals surface area contributed by atoms with Crippen LogP contribution in [0.3, 0.4) is 0 Å². The lowest BCUT2D eigenvalue weighted by atomic mass is 10.0. The van der Waals surface area contributed by atoms with Gasteiger partial charge >= 0.3 is 0 Å². The molecule has 18 heavy (non-hydrogen) atoms. The van der Waals surface area contributed by atoms with Crippen LogP contribution in [0.1, 0.15) is 24.4 Å². The third-order valence-electron chi connectivity index (χ3n) is 3.68. The quantitative estimate of drug-likeness (QED) is 0.747. The van der Waals surface area contributed by atoms with Gasteiger partial charge in [-0.15, -0.1) is 0 Å². The van der Waals surface area contributed by atoms with Gasteiger partial charge in [0.25, 0.3) is 0 Å². The monoisotopic (exact) mass is 245 g/mol. The average molecular weight is 245 g/mol. The summed E-state index contributed by atoms with van der Waals surface area (Å²) < 4.78 is 0. The van der Waals surface area contributed by atoms with Crippen LogP contribution in [0.2, 0.25) is 0 Å². The highest BCUT2D eigenvalue weighted by atomic mass is 16.2. The van der Waals surface area contributed by atoms with E-state index in [2.05, 4.69) is 10.2 Å². The SMILES string of the molecule is NC(=O)[C@@H]1NC(=O)[C@@H]2CCCN2c2ccccc21. The number of nitrogens with two attached hydrogens (primary N) is 1. The van der Waals surface area contributed by atoms with Crippen LogP contribution in [0.5, 0.6) is 0 Å². The number of hydrogen-bond donors (Lipinski definition) is 2. The summed E-state index contributed by atoms with van der Waals surface area (Å²) >= 11 is 0. The molecule has 0 spiro atoms. The molecule has 0 unspecified atom stereocenters. The Balaban J connectivity index is 2.14. The summed E-state index contributed by atoms with van der Waals surface area (Å²) in [6.07, 6.45) is 1.82. The second kappa shape index (κ2) is 4.01. The fraction of sp³-hybridized carbons (Fsp3) is 0.385. The van der Waals surface area contributed by atoms with Crippen molar-refractivity contribution >= 4 is 17.5 Å². The minimum atomic E-state index is -0.723. The number of amides is 2. The summed E-state index contributed by atoms with van der Waals surface area (Å²) in [5.74, 6) is -0.621. The van der Waals surface area contributed by atoms with E-state index < -0.39 is 11.9 Å². The largest absolute Gasteiger partial charge is 0.368 e. The van der Waals surface area contributed by atoms with E-state index in [1.54, 1.807) is 0 Å². The van der Waals surface area contributed by atoms with Gasteiger partial charge in [0.1, 0.15) is 12.1 Å². The van der Waals surface area contributed by atoms with E-state index in [9.17, 15) is 9.59 Å². The molecule has 0 bridgehead atoms. The predicted octanol–water partition coefficient (Wildman–Crippen LogP) is 0.312. The number of primary amides is 1. The molecule has 0 radical (unpaired) electrons. The molecule has 2 amide bonds. The van der Waals surface area contributed by atoms with Gasteiger partial charge in [0, 0.05) is 17.8 Å². The lowest BCUT2D eigenvalue weighted by Gasteiger charge is -2.24. The van der Waals surface area contributed by atoms with Gasteiger partial charge in [-0.1, -0.05) is 18.2 Å². The fourth-order valence-corrected chi connectivity index (χ4v) is 2.86. The number of nitrogens with one attached hydrogen (secondary N) is 1. The first-order chi connectivity index (χ1) is 8.68. The van der Waals surface area contributed by atoms with E-state index in [1.165, 1.54) is 0 Å². The maximum atomic E-state index is 12.1. The van der Waals surface area contributed by atoms with Crippen LogP contribution in [-0.2, 0) is 9.59 Å². The molecule has 0 aromatic heterocycles. The van der Waals surface area contributed by atoms with E-state index >= 15 is 0 Å². The number of rotatable bonds is 1. The maximum absolute atomic E-state index is 12.1. The Bertz CT molecular complexity index is 515. The van der Waals surface area contributed by atoms with E-state index in [0.717, 1.165) is 30.6 Å². The molecule has 2 atom stereocenters. The van der Waals surface area contributed by atoms with Crippen LogP contribution in [-0.4, -0.2) is 24.4 Å². The van der Waals surface area contributed by atoms with Crippen molar-refractivity contribution in [2.45, 2.75) is 24.9 Å². The van der Waals surface area contributed by atoms with Gasteiger partial charge in [0.2, 0.25) is 11.8 Å². The zero-order chi connectivity index (χ0) is 12.7. The van der Waals surface area contributed by atoms with E-state index in [-0.39, 0.29) is 11.9 Å². The second-order valence-corrected chi connectivity index (χ2v) is 4.75. The number of para-hydroxylation sites is 1. The summed E-state index contributed by atoms with van der Waals surface area (Å²) in [7, 11) is 0. The molecule has 3 N–H and O–H groups in total. The third-order valence-corrected chi connectivity index (χ3v) is 3.68. The first kappa shape index (κ1) is 11.1. The standard InChI is InChI=1S/C13H15N3O2/c14-12(17)11-8-4-1-2-5-9(8)16-7-3-6-10(16)13(18)15-11/h1-2,4-5,10-11H,3,6-7H2,(H2,14,17)(H,15,18)/t10-,11+/m0/s1. The van der Waals surface area contributed by atoms with Crippen LogP contribution >= 0.6 is 0 Å². The Hall–Kier alpha value is -2.04. The molecule has 1 saturated heterocycles. The number of fused-ring (bicyclic) bond motifs is 3. The molecule has 1 aromatic carbocycles. The Labute approximate surface area is 105 Å². The van der Waals surface area contributed by atoms with Crippen LogP contribution < -0.4 is 16.0 Å². The lowest BCUT2D eigenvalue weighted by Crippen LogP contribution is -2.43. The Kier molecular flexibility index (Phi) is 2.47. The summed E-state index contributed by atoms with van der Waals surface area (Å²) in [6, 6.07) is 6.68. The van der Waals surface area contributed by atoms with Gasteiger partial charge in [-0.25, -0.2) is 0 Å². The van der Waals surface area contributed by atoms with Gasteiger partial charge in [0.05, 0.1) is 0 Å². The Morgan fingerprint density at radius 2 is 2.17 bits per heavy atom. The smallest absolute Gasteiger partial charge is 0.244 e. The van der Waals surface area contributed by atoms with Crippen molar-refractivity contribution in [2.24, 2.45) is 5.73 Å². The van der Waals surface area contributed by atoms with Crippen molar-refractivity contribution in [3.8, 4) is 0 Å². The minimum absolute atomic E-state index is 0.104. The Morgan fingerprint density at radius 3 is 2.94 bits per heavy atom. The van der Waals surface area contributed by atoms with E-state index in [1.807, 2.05) is 24.3 Å². The van der Waals surface area contributed by atoms with Gasteiger partial charge in [-0.3, -0.25) is 9.59 Å². The topological polar surface area (TPSA) is 75.4 Å². The summed E-state index contributed by atoms with van der Waals surface area (Å²) in [4.78, 5) is 25.7. The van der Waals surface area contributed by atoms with E-state index in [0.29, 0.717) is 0 Å². The molecular weight excluding hydrogens is 230 g/mol. The van der Waals surface area contributed by atoms with Crippen molar-refractivity contribution in [1.29, 1.82) is 0 Å². The van der Waals surface area contributed by atoms with Crippen molar-refractivity contribution in [1.82, 2.24) is 5.32 Å². The number of carbonyl (C=O) groups is 2. The number of carbonyl (C=O) groups excluding carboxylic acids is 2. The van der Waals surface area contributed by atoms with Crippen molar-refractivity contribution < 1.29 is 9.59 Å². The molecule has 1 aromatic rings. The van der Waals surface area contributed by atoms with Crippen LogP contribution in [0.15, 0.2) is 24.3 Å². The van der Waals surface area contributed by atoms with Crippen molar-refractivity contribution in [2.75, 3.05) is 11.4 Å². The number of anilines is 1. The highest BCUT2D eigenvalue weighted by molar-refractivity contribution is 5.95. The molecule has 2 heterocycles. The molecule has 1 fully saturated rings. The molecule has 0 aliphatic carbocycles. The molecule has 5 heteroatoms. The summed E-state index contributed by atoms with van der Waals surface area (Å²) in [5, 5.41) is 2.75. The van der Waals surface area contributed by atoms with Gasteiger partial charge in [-0.2, -0.15) is 0 Å². The summed E-state index contributed by atoms with van der Waals surface area (Å²) in [6.45, 7) is 0.848. The minimum Gasteiger partial charge on any atom is -0.368 e. The normalized spacial score (nSPS) is 26.0. The fourth-order valence-electron chi connectivity index (χ4n) is 2.86. The third kappa shape index (κ3) is 1.54. The molecular formula is C13H15N3O2. The number of hydrogen-bond acceptors (Lipinski definition) is 3. The maximum Gasteiger partial charge on any atom is 0.244 e. The predicted molar refractivity (Wildman–Crippen MR) is 66.9 cm³/mol. The molecule has 0 saturated carbocycles. The van der Waals surface area contributed by atoms with Crippen LogP contribution in [0.4, 0.5) is 5.69 Å². The first-order valence-corrected chi connectivity index (χ1v) is 6.14. The van der Waals surface area contributed by atoms with Crippen molar-refractivity contribution in [3.63, 3.8) is 0 Å².